The number of aromatic nitrogens is 4. The molecule has 3 rings (SSSR count). The molecule has 2 N–H and O–H groups in total. The van der Waals surface area contributed by atoms with E-state index >= 15 is 0 Å². The lowest BCUT2D eigenvalue weighted by molar-refractivity contribution is 0.627. The third-order valence-corrected chi connectivity index (χ3v) is 3.91. The molecule has 0 aliphatic heterocycles. The molecule has 2 heterocycles. The highest BCUT2D eigenvalue weighted by Gasteiger charge is 2.31. The van der Waals surface area contributed by atoms with Crippen molar-refractivity contribution in [3.8, 4) is 0 Å². The van der Waals surface area contributed by atoms with Gasteiger partial charge < -0.3 is 10.3 Å². The smallest absolute Gasteiger partial charge is 0.330 e. The fourth-order valence-corrected chi connectivity index (χ4v) is 2.59. The lowest BCUT2D eigenvalue weighted by atomic mass is 10.3. The van der Waals surface area contributed by atoms with E-state index in [1.807, 2.05) is 4.57 Å². The molecule has 0 spiro atoms. The third kappa shape index (κ3) is 1.81. The molecule has 2 aromatic rings. The second-order valence-corrected chi connectivity index (χ2v) is 5.42. The van der Waals surface area contributed by atoms with Crippen LogP contribution in [0.25, 0.3) is 11.2 Å². The normalized spacial score (nSPS) is 15.2. The van der Waals surface area contributed by atoms with E-state index in [1.54, 1.807) is 7.05 Å². The molecule has 0 radical (unpaired) electrons. The highest BCUT2D eigenvalue weighted by molar-refractivity contribution is 5.71. The quantitative estimate of drug-likeness (QED) is 0.828. The van der Waals surface area contributed by atoms with Crippen LogP contribution in [0.15, 0.2) is 9.59 Å². The monoisotopic (exact) mass is 277 g/mol. The number of hydrogen-bond acceptors (Lipinski definition) is 4. The minimum absolute atomic E-state index is 0.278. The molecule has 0 amide bonds. The average Bonchev–Trinajstić information content (AvgIpc) is 3.21. The van der Waals surface area contributed by atoms with Gasteiger partial charge in [0.2, 0.25) is 0 Å². The Morgan fingerprint density at radius 1 is 1.25 bits per heavy atom. The van der Waals surface area contributed by atoms with Crippen molar-refractivity contribution in [3.63, 3.8) is 0 Å². The SMILES string of the molecule is Cn1c(=O)c2c(nc(C3CC3)n2CCCN)n(C)c1=O. The first-order valence-electron chi connectivity index (χ1n) is 6.92. The number of aryl methyl sites for hydroxylation is 2. The molecule has 0 atom stereocenters. The van der Waals surface area contributed by atoms with Crippen LogP contribution >= 0.6 is 0 Å². The predicted molar refractivity (Wildman–Crippen MR) is 75.9 cm³/mol. The third-order valence-electron chi connectivity index (χ3n) is 3.91. The Labute approximate surface area is 115 Å². The van der Waals surface area contributed by atoms with Gasteiger partial charge in [-0.25, -0.2) is 9.78 Å². The summed E-state index contributed by atoms with van der Waals surface area (Å²) in [7, 11) is 3.15. The summed E-state index contributed by atoms with van der Waals surface area (Å²) in [6, 6.07) is 0. The summed E-state index contributed by atoms with van der Waals surface area (Å²) < 4.78 is 4.54. The van der Waals surface area contributed by atoms with Gasteiger partial charge in [0.25, 0.3) is 5.56 Å². The molecule has 0 bridgehead atoms. The van der Waals surface area contributed by atoms with Gasteiger partial charge in [0, 0.05) is 26.6 Å². The molecular weight excluding hydrogens is 258 g/mol. The fourth-order valence-electron chi connectivity index (χ4n) is 2.59. The molecule has 7 heteroatoms. The Hall–Kier alpha value is -1.89. The van der Waals surface area contributed by atoms with Crippen LogP contribution < -0.4 is 17.0 Å². The fraction of sp³-hybridized carbons (Fsp3) is 0.615. The maximum atomic E-state index is 12.4. The van der Waals surface area contributed by atoms with Crippen molar-refractivity contribution in [1.82, 2.24) is 18.7 Å². The van der Waals surface area contributed by atoms with Crippen LogP contribution in [-0.4, -0.2) is 25.2 Å². The molecule has 1 saturated carbocycles. The number of imidazole rings is 1. The van der Waals surface area contributed by atoms with E-state index in [2.05, 4.69) is 4.98 Å². The summed E-state index contributed by atoms with van der Waals surface area (Å²) >= 11 is 0. The van der Waals surface area contributed by atoms with Gasteiger partial charge in [-0.1, -0.05) is 0 Å². The standard InChI is InChI=1S/C13H19N5O2/c1-16-11-9(12(19)17(2)13(16)20)18(7-3-6-14)10(15-11)8-4-5-8/h8H,3-7,14H2,1-2H3. The van der Waals surface area contributed by atoms with Crippen LogP contribution in [-0.2, 0) is 20.6 Å². The predicted octanol–water partition coefficient (Wildman–Crippen LogP) is -0.340. The molecule has 1 aliphatic rings. The number of nitrogens with two attached hydrogens (primary N) is 1. The van der Waals surface area contributed by atoms with Gasteiger partial charge >= 0.3 is 5.69 Å². The number of nitrogens with zero attached hydrogens (tertiary/aromatic N) is 4. The van der Waals surface area contributed by atoms with Crippen LogP contribution in [0, 0.1) is 0 Å². The first-order chi connectivity index (χ1) is 9.56. The van der Waals surface area contributed by atoms with Crippen molar-refractivity contribution in [2.24, 2.45) is 19.8 Å². The van der Waals surface area contributed by atoms with Crippen LogP contribution in [0.3, 0.4) is 0 Å². The average molecular weight is 277 g/mol. The summed E-state index contributed by atoms with van der Waals surface area (Å²) in [4.78, 5) is 28.9. The molecule has 0 unspecified atom stereocenters. The minimum atomic E-state index is -0.340. The highest BCUT2D eigenvalue weighted by Crippen LogP contribution is 2.40. The lowest BCUT2D eigenvalue weighted by Crippen LogP contribution is -2.37. The molecule has 1 aliphatic carbocycles. The van der Waals surface area contributed by atoms with Gasteiger partial charge in [0.15, 0.2) is 11.2 Å². The van der Waals surface area contributed by atoms with E-state index in [9.17, 15) is 9.59 Å². The van der Waals surface area contributed by atoms with Gasteiger partial charge in [-0.2, -0.15) is 0 Å². The van der Waals surface area contributed by atoms with Crippen molar-refractivity contribution in [3.05, 3.63) is 26.7 Å². The molecular formula is C13H19N5O2. The van der Waals surface area contributed by atoms with Crippen molar-refractivity contribution in [1.29, 1.82) is 0 Å². The molecule has 2 aromatic heterocycles. The first-order valence-corrected chi connectivity index (χ1v) is 6.92. The van der Waals surface area contributed by atoms with E-state index in [-0.39, 0.29) is 11.2 Å². The van der Waals surface area contributed by atoms with Crippen molar-refractivity contribution < 1.29 is 0 Å². The van der Waals surface area contributed by atoms with E-state index in [4.69, 9.17) is 5.73 Å². The Kier molecular flexibility index (Phi) is 3.01. The Bertz CT molecular complexity index is 779. The number of hydrogen-bond donors (Lipinski definition) is 1. The Morgan fingerprint density at radius 2 is 1.95 bits per heavy atom. The zero-order valence-electron chi connectivity index (χ0n) is 11.8. The van der Waals surface area contributed by atoms with Crippen molar-refractivity contribution in [2.75, 3.05) is 6.54 Å². The lowest BCUT2D eigenvalue weighted by Gasteiger charge is -2.08. The second-order valence-electron chi connectivity index (χ2n) is 5.42. The maximum absolute atomic E-state index is 12.4. The Morgan fingerprint density at radius 3 is 2.55 bits per heavy atom. The van der Waals surface area contributed by atoms with Gasteiger partial charge in [-0.05, 0) is 25.8 Å². The zero-order chi connectivity index (χ0) is 14.4. The van der Waals surface area contributed by atoms with Gasteiger partial charge in [-0.15, -0.1) is 0 Å². The molecule has 0 saturated heterocycles. The largest absolute Gasteiger partial charge is 0.332 e. The summed E-state index contributed by atoms with van der Waals surface area (Å²) in [6.45, 7) is 1.24. The number of fused-ring (bicyclic) bond motifs is 1. The topological polar surface area (TPSA) is 87.8 Å². The Balaban J connectivity index is 2.35. The van der Waals surface area contributed by atoms with E-state index in [1.165, 1.54) is 11.6 Å². The first kappa shape index (κ1) is 13.1. The van der Waals surface area contributed by atoms with Gasteiger partial charge in [0.1, 0.15) is 5.82 Å². The summed E-state index contributed by atoms with van der Waals surface area (Å²) in [5.74, 6) is 1.34. The molecule has 1 fully saturated rings. The van der Waals surface area contributed by atoms with Crippen LogP contribution in [0.1, 0.15) is 31.0 Å². The van der Waals surface area contributed by atoms with Crippen LogP contribution in [0.5, 0.6) is 0 Å². The van der Waals surface area contributed by atoms with E-state index < -0.39 is 0 Å². The highest BCUT2D eigenvalue weighted by atomic mass is 16.2. The molecule has 108 valence electrons. The summed E-state index contributed by atoms with van der Waals surface area (Å²) in [5.41, 5.74) is 5.96. The van der Waals surface area contributed by atoms with Crippen molar-refractivity contribution >= 4 is 11.2 Å². The van der Waals surface area contributed by atoms with Gasteiger partial charge in [-0.3, -0.25) is 13.9 Å². The van der Waals surface area contributed by atoms with Crippen LogP contribution in [0.4, 0.5) is 0 Å². The molecule has 7 nitrogen and oxygen atoms in total. The van der Waals surface area contributed by atoms with Crippen LogP contribution in [0.2, 0.25) is 0 Å². The van der Waals surface area contributed by atoms with E-state index in [0.29, 0.717) is 30.2 Å². The van der Waals surface area contributed by atoms with Crippen molar-refractivity contribution in [2.45, 2.75) is 31.7 Å². The molecule has 0 aromatic carbocycles. The zero-order valence-corrected chi connectivity index (χ0v) is 11.8. The summed E-state index contributed by atoms with van der Waals surface area (Å²) in [5, 5.41) is 0. The second kappa shape index (κ2) is 4.59. The number of rotatable bonds is 4. The molecule has 20 heavy (non-hydrogen) atoms. The van der Waals surface area contributed by atoms with E-state index in [0.717, 1.165) is 29.7 Å². The summed E-state index contributed by atoms with van der Waals surface area (Å²) in [6.07, 6.45) is 2.98. The maximum Gasteiger partial charge on any atom is 0.332 e. The minimum Gasteiger partial charge on any atom is -0.330 e. The van der Waals surface area contributed by atoms with Gasteiger partial charge in [0.05, 0.1) is 0 Å².